The Labute approximate surface area is 145 Å². The number of anilines is 1. The van der Waals surface area contributed by atoms with E-state index in [-0.39, 0.29) is 24.0 Å². The molecule has 0 radical (unpaired) electrons. The van der Waals surface area contributed by atoms with Crippen LogP contribution >= 0.6 is 0 Å². The number of nitrogens with two attached hydrogens (primary N) is 1. The van der Waals surface area contributed by atoms with E-state index in [9.17, 15) is 14.9 Å². The minimum absolute atomic E-state index is 0.0772. The molecule has 0 fully saturated rings. The van der Waals surface area contributed by atoms with Crippen molar-refractivity contribution < 1.29 is 14.5 Å². The molecule has 2 rings (SSSR count). The number of carbonyl (C=O) groups excluding carboxylic acids is 1. The lowest BCUT2D eigenvalue weighted by Crippen LogP contribution is -2.16. The topological polar surface area (TPSA) is 108 Å². The SMILES string of the molecule is C=CCC(C(=O)OCC)c1cc(-c2ccc([N+](=O)[O-])cc2N)ccn1. The Morgan fingerprint density at radius 3 is 2.80 bits per heavy atom. The van der Waals surface area contributed by atoms with Gasteiger partial charge in [-0.15, -0.1) is 6.58 Å². The zero-order valence-electron chi connectivity index (χ0n) is 13.8. The Morgan fingerprint density at radius 1 is 1.44 bits per heavy atom. The van der Waals surface area contributed by atoms with Crippen LogP contribution in [-0.2, 0) is 9.53 Å². The van der Waals surface area contributed by atoms with Crippen LogP contribution in [0.4, 0.5) is 11.4 Å². The third-order valence-corrected chi connectivity index (χ3v) is 3.67. The molecule has 7 heteroatoms. The van der Waals surface area contributed by atoms with Crippen molar-refractivity contribution in [2.24, 2.45) is 0 Å². The van der Waals surface area contributed by atoms with E-state index in [0.717, 1.165) is 5.56 Å². The quantitative estimate of drug-likeness (QED) is 0.272. The van der Waals surface area contributed by atoms with Gasteiger partial charge in [-0.1, -0.05) is 6.08 Å². The van der Waals surface area contributed by atoms with E-state index < -0.39 is 10.8 Å². The van der Waals surface area contributed by atoms with Crippen molar-refractivity contribution in [2.75, 3.05) is 12.3 Å². The maximum atomic E-state index is 12.2. The van der Waals surface area contributed by atoms with Crippen LogP contribution in [0.3, 0.4) is 0 Å². The average molecular weight is 341 g/mol. The molecule has 7 nitrogen and oxygen atoms in total. The first-order valence-corrected chi connectivity index (χ1v) is 7.75. The first-order chi connectivity index (χ1) is 12.0. The Kier molecular flexibility index (Phi) is 5.84. The summed E-state index contributed by atoms with van der Waals surface area (Å²) < 4.78 is 5.10. The van der Waals surface area contributed by atoms with Crippen molar-refractivity contribution in [3.63, 3.8) is 0 Å². The second kappa shape index (κ2) is 8.05. The van der Waals surface area contributed by atoms with Crippen LogP contribution in [0, 0.1) is 10.1 Å². The molecule has 0 spiro atoms. The second-order valence-corrected chi connectivity index (χ2v) is 5.33. The average Bonchev–Trinajstić information content (AvgIpc) is 2.59. The molecule has 2 aromatic rings. The van der Waals surface area contributed by atoms with Gasteiger partial charge in [-0.3, -0.25) is 19.9 Å². The number of hydrogen-bond donors (Lipinski definition) is 1. The van der Waals surface area contributed by atoms with Crippen molar-refractivity contribution in [1.29, 1.82) is 0 Å². The molecule has 2 N–H and O–H groups in total. The smallest absolute Gasteiger partial charge is 0.315 e. The summed E-state index contributed by atoms with van der Waals surface area (Å²) in [5.74, 6) is -0.930. The summed E-state index contributed by atoms with van der Waals surface area (Å²) in [6, 6.07) is 7.75. The van der Waals surface area contributed by atoms with E-state index in [4.69, 9.17) is 10.5 Å². The number of hydrogen-bond acceptors (Lipinski definition) is 6. The minimum atomic E-state index is -0.559. The van der Waals surface area contributed by atoms with Crippen molar-refractivity contribution >= 4 is 17.3 Å². The zero-order chi connectivity index (χ0) is 18.4. The largest absolute Gasteiger partial charge is 0.465 e. The van der Waals surface area contributed by atoms with Crippen LogP contribution in [-0.4, -0.2) is 22.5 Å². The second-order valence-electron chi connectivity index (χ2n) is 5.33. The normalized spacial score (nSPS) is 11.6. The number of nitro groups is 1. The monoisotopic (exact) mass is 341 g/mol. The van der Waals surface area contributed by atoms with Crippen LogP contribution in [0.25, 0.3) is 11.1 Å². The fraction of sp³-hybridized carbons (Fsp3) is 0.222. The Bertz CT molecular complexity index is 805. The lowest BCUT2D eigenvalue weighted by atomic mass is 9.97. The number of esters is 1. The molecular formula is C18H19N3O4. The van der Waals surface area contributed by atoms with Crippen molar-refractivity contribution in [3.05, 3.63) is 65.0 Å². The number of non-ortho nitro benzene ring substituents is 1. The number of rotatable bonds is 7. The van der Waals surface area contributed by atoms with Crippen LogP contribution in [0.2, 0.25) is 0 Å². The highest BCUT2D eigenvalue weighted by molar-refractivity contribution is 5.81. The summed E-state index contributed by atoms with van der Waals surface area (Å²) in [4.78, 5) is 26.8. The summed E-state index contributed by atoms with van der Waals surface area (Å²) in [6.07, 6.45) is 3.60. The summed E-state index contributed by atoms with van der Waals surface area (Å²) in [6.45, 7) is 5.69. The maximum Gasteiger partial charge on any atom is 0.315 e. The molecule has 1 aromatic carbocycles. The Hall–Kier alpha value is -3.22. The predicted octanol–water partition coefficient (Wildman–Crippen LogP) is 3.46. The number of ether oxygens (including phenoxy) is 1. The molecule has 1 atom stereocenters. The number of aromatic nitrogens is 1. The molecule has 0 aliphatic heterocycles. The molecular weight excluding hydrogens is 322 g/mol. The lowest BCUT2D eigenvalue weighted by Gasteiger charge is -2.14. The lowest BCUT2D eigenvalue weighted by molar-refractivity contribution is -0.384. The first-order valence-electron chi connectivity index (χ1n) is 7.75. The Balaban J connectivity index is 2.42. The van der Waals surface area contributed by atoms with Gasteiger partial charge in [-0.05, 0) is 37.1 Å². The molecule has 0 aliphatic carbocycles. The number of carbonyl (C=O) groups is 1. The van der Waals surface area contributed by atoms with E-state index in [1.54, 1.807) is 37.4 Å². The van der Waals surface area contributed by atoms with Gasteiger partial charge in [0.1, 0.15) is 5.92 Å². The fourth-order valence-corrected chi connectivity index (χ4v) is 2.48. The molecule has 1 aromatic heterocycles. The Morgan fingerprint density at radius 2 is 2.20 bits per heavy atom. The molecule has 0 amide bonds. The van der Waals surface area contributed by atoms with E-state index in [1.807, 2.05) is 0 Å². The van der Waals surface area contributed by atoms with Gasteiger partial charge in [0.2, 0.25) is 0 Å². The molecule has 0 aliphatic rings. The highest BCUT2D eigenvalue weighted by Gasteiger charge is 2.22. The van der Waals surface area contributed by atoms with Crippen LogP contribution < -0.4 is 5.73 Å². The molecule has 130 valence electrons. The number of nitro benzene ring substituents is 1. The van der Waals surface area contributed by atoms with Crippen LogP contribution in [0.5, 0.6) is 0 Å². The molecule has 25 heavy (non-hydrogen) atoms. The van der Waals surface area contributed by atoms with Gasteiger partial charge in [-0.25, -0.2) is 0 Å². The summed E-state index contributed by atoms with van der Waals surface area (Å²) in [7, 11) is 0. The minimum Gasteiger partial charge on any atom is -0.465 e. The van der Waals surface area contributed by atoms with Gasteiger partial charge in [-0.2, -0.15) is 0 Å². The van der Waals surface area contributed by atoms with Gasteiger partial charge in [0.05, 0.1) is 17.2 Å². The van der Waals surface area contributed by atoms with Gasteiger partial charge in [0, 0.05) is 29.6 Å². The number of allylic oxidation sites excluding steroid dienone is 1. The molecule has 0 saturated carbocycles. The van der Waals surface area contributed by atoms with Crippen LogP contribution in [0.1, 0.15) is 25.0 Å². The molecule has 1 heterocycles. The number of pyridine rings is 1. The summed E-state index contributed by atoms with van der Waals surface area (Å²) in [5, 5.41) is 10.8. The molecule has 1 unspecified atom stereocenters. The van der Waals surface area contributed by atoms with Gasteiger partial charge in [0.25, 0.3) is 5.69 Å². The van der Waals surface area contributed by atoms with E-state index >= 15 is 0 Å². The third-order valence-electron chi connectivity index (χ3n) is 3.67. The summed E-state index contributed by atoms with van der Waals surface area (Å²) >= 11 is 0. The van der Waals surface area contributed by atoms with E-state index in [0.29, 0.717) is 17.7 Å². The molecule has 0 bridgehead atoms. The van der Waals surface area contributed by atoms with Crippen molar-refractivity contribution in [3.8, 4) is 11.1 Å². The van der Waals surface area contributed by atoms with E-state index in [1.165, 1.54) is 12.1 Å². The zero-order valence-corrected chi connectivity index (χ0v) is 13.8. The standard InChI is InChI=1S/C18H19N3O4/c1-3-5-15(18(22)25-4-2)17-10-12(8-9-20-17)14-7-6-13(21(23)24)11-16(14)19/h3,6-11,15H,1,4-5,19H2,2H3. The fourth-order valence-electron chi connectivity index (χ4n) is 2.48. The highest BCUT2D eigenvalue weighted by Crippen LogP contribution is 2.31. The first kappa shape index (κ1) is 18.1. The maximum absolute atomic E-state index is 12.2. The number of nitrogen functional groups attached to an aromatic ring is 1. The van der Waals surface area contributed by atoms with Gasteiger partial charge in [0.15, 0.2) is 0 Å². The van der Waals surface area contributed by atoms with Crippen LogP contribution in [0.15, 0.2) is 49.2 Å². The number of nitrogens with zero attached hydrogens (tertiary/aromatic N) is 2. The number of benzene rings is 1. The summed E-state index contributed by atoms with van der Waals surface area (Å²) in [5.41, 5.74) is 8.04. The predicted molar refractivity (Wildman–Crippen MR) is 94.9 cm³/mol. The van der Waals surface area contributed by atoms with E-state index in [2.05, 4.69) is 11.6 Å². The third kappa shape index (κ3) is 4.20. The van der Waals surface area contributed by atoms with Gasteiger partial charge < -0.3 is 10.5 Å². The highest BCUT2D eigenvalue weighted by atomic mass is 16.6. The molecule has 0 saturated heterocycles. The van der Waals surface area contributed by atoms with Gasteiger partial charge >= 0.3 is 5.97 Å². The van der Waals surface area contributed by atoms with Crippen molar-refractivity contribution in [2.45, 2.75) is 19.3 Å². The van der Waals surface area contributed by atoms with Crippen molar-refractivity contribution in [1.82, 2.24) is 4.98 Å².